The number of Topliss-reactive ketones (excluding diaryl/α,β-unsaturated/α-hetero) is 1. The summed E-state index contributed by atoms with van der Waals surface area (Å²) in [6.45, 7) is 3.65. The topological polar surface area (TPSA) is 30.0 Å². The smallest absolute Gasteiger partial charge is 0.182 e. The van der Waals surface area contributed by atoms with Gasteiger partial charge in [0.25, 0.3) is 0 Å². The number of pyridine rings is 1. The summed E-state index contributed by atoms with van der Waals surface area (Å²) in [4.78, 5) is 15.8. The Kier molecular flexibility index (Phi) is 6.23. The average molecular weight is 272 g/mol. The molecule has 0 aliphatic heterocycles. The normalized spacial score (nSPS) is 10.2. The van der Waals surface area contributed by atoms with Gasteiger partial charge in [0.2, 0.25) is 0 Å². The van der Waals surface area contributed by atoms with E-state index in [4.69, 9.17) is 23.2 Å². The van der Waals surface area contributed by atoms with Gasteiger partial charge < -0.3 is 0 Å². The Balaban J connectivity index is 2.44. The van der Waals surface area contributed by atoms with Gasteiger partial charge in [-0.2, -0.15) is 0 Å². The first kappa shape index (κ1) is 14.2. The SMILES string of the molecule is C=CCCCCCC(=O)c1ncc(Cl)cc1Cl. The molecule has 2 nitrogen and oxygen atoms in total. The van der Waals surface area contributed by atoms with Crippen molar-refractivity contribution >= 4 is 29.0 Å². The lowest BCUT2D eigenvalue weighted by molar-refractivity contribution is 0.0974. The van der Waals surface area contributed by atoms with Crippen molar-refractivity contribution in [1.29, 1.82) is 0 Å². The van der Waals surface area contributed by atoms with Crippen LogP contribution in [0.4, 0.5) is 0 Å². The molecule has 92 valence electrons. The van der Waals surface area contributed by atoms with Gasteiger partial charge in [-0.15, -0.1) is 6.58 Å². The molecule has 0 aromatic carbocycles. The molecule has 0 fully saturated rings. The van der Waals surface area contributed by atoms with E-state index in [1.807, 2.05) is 6.08 Å². The number of hydrogen-bond donors (Lipinski definition) is 0. The van der Waals surface area contributed by atoms with Crippen molar-refractivity contribution in [3.63, 3.8) is 0 Å². The van der Waals surface area contributed by atoms with Crippen LogP contribution in [0, 0.1) is 0 Å². The first-order chi connectivity index (χ1) is 8.15. The van der Waals surface area contributed by atoms with Gasteiger partial charge in [0.1, 0.15) is 5.69 Å². The van der Waals surface area contributed by atoms with E-state index in [0.717, 1.165) is 25.7 Å². The summed E-state index contributed by atoms with van der Waals surface area (Å²) in [6.07, 6.45) is 7.74. The van der Waals surface area contributed by atoms with Gasteiger partial charge in [-0.1, -0.05) is 35.7 Å². The van der Waals surface area contributed by atoms with E-state index in [1.54, 1.807) is 6.07 Å². The first-order valence-corrected chi connectivity index (χ1v) is 6.36. The van der Waals surface area contributed by atoms with Crippen LogP contribution < -0.4 is 0 Å². The Hall–Kier alpha value is -0.860. The lowest BCUT2D eigenvalue weighted by atomic mass is 10.1. The molecule has 1 aromatic rings. The molecular formula is C13H15Cl2NO. The average Bonchev–Trinajstić information content (AvgIpc) is 2.28. The van der Waals surface area contributed by atoms with Crippen LogP contribution >= 0.6 is 23.2 Å². The van der Waals surface area contributed by atoms with Crippen LogP contribution in [0.5, 0.6) is 0 Å². The number of aromatic nitrogens is 1. The molecule has 1 heterocycles. The number of nitrogens with zero attached hydrogens (tertiary/aromatic N) is 1. The quantitative estimate of drug-likeness (QED) is 0.409. The first-order valence-electron chi connectivity index (χ1n) is 5.60. The largest absolute Gasteiger partial charge is 0.292 e. The molecule has 0 aliphatic carbocycles. The highest BCUT2D eigenvalue weighted by molar-refractivity contribution is 6.36. The lowest BCUT2D eigenvalue weighted by Gasteiger charge is -2.02. The highest BCUT2D eigenvalue weighted by Crippen LogP contribution is 2.20. The van der Waals surface area contributed by atoms with Gasteiger partial charge in [0.15, 0.2) is 5.78 Å². The third-order valence-electron chi connectivity index (χ3n) is 2.38. The second kappa shape index (κ2) is 7.46. The minimum atomic E-state index is -0.0229. The summed E-state index contributed by atoms with van der Waals surface area (Å²) in [7, 11) is 0. The molecule has 1 aromatic heterocycles. The summed E-state index contributed by atoms with van der Waals surface area (Å²) < 4.78 is 0. The Morgan fingerprint density at radius 1 is 1.35 bits per heavy atom. The fourth-order valence-electron chi connectivity index (χ4n) is 1.49. The maximum Gasteiger partial charge on any atom is 0.182 e. The molecule has 0 spiro atoms. The van der Waals surface area contributed by atoms with E-state index >= 15 is 0 Å². The van der Waals surface area contributed by atoms with Crippen molar-refractivity contribution in [2.45, 2.75) is 32.1 Å². The number of halogens is 2. The fraction of sp³-hybridized carbons (Fsp3) is 0.385. The van der Waals surface area contributed by atoms with Gasteiger partial charge in [-0.3, -0.25) is 9.78 Å². The summed E-state index contributed by atoms with van der Waals surface area (Å²) in [5.74, 6) is -0.0229. The van der Waals surface area contributed by atoms with Crippen LogP contribution in [0.25, 0.3) is 0 Å². The van der Waals surface area contributed by atoms with Crippen LogP contribution in [0.2, 0.25) is 10.0 Å². The summed E-state index contributed by atoms with van der Waals surface area (Å²) >= 11 is 11.6. The maximum atomic E-state index is 11.8. The molecule has 0 bridgehead atoms. The van der Waals surface area contributed by atoms with E-state index in [9.17, 15) is 4.79 Å². The molecule has 1 rings (SSSR count). The number of carbonyl (C=O) groups is 1. The van der Waals surface area contributed by atoms with E-state index in [0.29, 0.717) is 22.2 Å². The Morgan fingerprint density at radius 2 is 2.12 bits per heavy atom. The Morgan fingerprint density at radius 3 is 2.76 bits per heavy atom. The van der Waals surface area contributed by atoms with Crippen molar-refractivity contribution < 1.29 is 4.79 Å². The van der Waals surface area contributed by atoms with E-state index in [2.05, 4.69) is 11.6 Å². The molecule has 0 unspecified atom stereocenters. The molecule has 0 N–H and O–H groups in total. The van der Waals surface area contributed by atoms with Crippen molar-refractivity contribution in [3.8, 4) is 0 Å². The second-order valence-electron chi connectivity index (χ2n) is 3.80. The summed E-state index contributed by atoms with van der Waals surface area (Å²) in [6, 6.07) is 1.54. The monoisotopic (exact) mass is 271 g/mol. The van der Waals surface area contributed by atoms with Crippen LogP contribution in [0.1, 0.15) is 42.6 Å². The molecule has 17 heavy (non-hydrogen) atoms. The van der Waals surface area contributed by atoms with Gasteiger partial charge in [0.05, 0.1) is 10.0 Å². The minimum absolute atomic E-state index is 0.0229. The minimum Gasteiger partial charge on any atom is -0.292 e. The van der Waals surface area contributed by atoms with Crippen molar-refractivity contribution in [3.05, 3.63) is 40.7 Å². The number of unbranched alkanes of at least 4 members (excludes halogenated alkanes) is 3. The van der Waals surface area contributed by atoms with Crippen molar-refractivity contribution in [2.24, 2.45) is 0 Å². The van der Waals surface area contributed by atoms with Crippen LogP contribution in [-0.2, 0) is 0 Å². The number of hydrogen-bond acceptors (Lipinski definition) is 2. The second-order valence-corrected chi connectivity index (χ2v) is 4.64. The molecule has 0 radical (unpaired) electrons. The van der Waals surface area contributed by atoms with Gasteiger partial charge in [-0.25, -0.2) is 0 Å². The van der Waals surface area contributed by atoms with Gasteiger partial charge in [-0.05, 0) is 25.3 Å². The zero-order valence-electron chi connectivity index (χ0n) is 9.59. The zero-order valence-corrected chi connectivity index (χ0v) is 11.1. The molecular weight excluding hydrogens is 257 g/mol. The van der Waals surface area contributed by atoms with E-state index < -0.39 is 0 Å². The number of carbonyl (C=O) groups excluding carboxylic acids is 1. The molecule has 4 heteroatoms. The van der Waals surface area contributed by atoms with Crippen LogP contribution in [-0.4, -0.2) is 10.8 Å². The fourth-order valence-corrected chi connectivity index (χ4v) is 1.97. The van der Waals surface area contributed by atoms with E-state index in [1.165, 1.54) is 6.20 Å². The molecule has 0 atom stereocenters. The van der Waals surface area contributed by atoms with Crippen LogP contribution in [0.15, 0.2) is 24.9 Å². The predicted molar refractivity (Wildman–Crippen MR) is 71.9 cm³/mol. The van der Waals surface area contributed by atoms with Gasteiger partial charge in [0, 0.05) is 12.6 Å². The number of ketones is 1. The van der Waals surface area contributed by atoms with Crippen LogP contribution in [0.3, 0.4) is 0 Å². The highest BCUT2D eigenvalue weighted by atomic mass is 35.5. The Labute approximate surface area is 112 Å². The third kappa shape index (κ3) is 4.88. The third-order valence-corrected chi connectivity index (χ3v) is 2.88. The maximum absolute atomic E-state index is 11.8. The van der Waals surface area contributed by atoms with Crippen molar-refractivity contribution in [2.75, 3.05) is 0 Å². The number of allylic oxidation sites excluding steroid dienone is 1. The van der Waals surface area contributed by atoms with Gasteiger partial charge >= 0.3 is 0 Å². The predicted octanol–water partition coefficient (Wildman–Crippen LogP) is 4.71. The summed E-state index contributed by atoms with van der Waals surface area (Å²) in [5.41, 5.74) is 0.319. The molecule has 0 aliphatic rings. The lowest BCUT2D eigenvalue weighted by Crippen LogP contribution is -2.03. The highest BCUT2D eigenvalue weighted by Gasteiger charge is 2.11. The molecule has 0 saturated heterocycles. The zero-order chi connectivity index (χ0) is 12.7. The van der Waals surface area contributed by atoms with E-state index in [-0.39, 0.29) is 5.78 Å². The molecule has 0 saturated carbocycles. The van der Waals surface area contributed by atoms with Crippen molar-refractivity contribution in [1.82, 2.24) is 4.98 Å². The molecule has 0 amide bonds. The Bertz CT molecular complexity index is 404. The number of rotatable bonds is 7. The standard InChI is InChI=1S/C13H15Cl2NO/c1-2-3-4-5-6-7-12(17)13-11(15)8-10(14)9-16-13/h2,8-9H,1,3-7H2. The summed E-state index contributed by atoms with van der Waals surface area (Å²) in [5, 5.41) is 0.770.